The predicted octanol–water partition coefficient (Wildman–Crippen LogP) is 4.35. The molecule has 0 amide bonds. The third kappa shape index (κ3) is 4.24. The molecular weight excluding hydrogens is 291 g/mol. The van der Waals surface area contributed by atoms with Gasteiger partial charge in [-0.15, -0.1) is 0 Å². The van der Waals surface area contributed by atoms with E-state index in [2.05, 4.69) is 0 Å². The number of benzene rings is 2. The highest BCUT2D eigenvalue weighted by molar-refractivity contribution is 5.30. The van der Waals surface area contributed by atoms with Gasteiger partial charge < -0.3 is 4.74 Å². The topological polar surface area (TPSA) is 12.5 Å². The Kier molecular flexibility index (Phi) is 5.08. The van der Waals surface area contributed by atoms with Gasteiger partial charge in [-0.25, -0.2) is 0 Å². The third-order valence-corrected chi connectivity index (χ3v) is 3.37. The van der Waals surface area contributed by atoms with E-state index in [9.17, 15) is 13.2 Å². The van der Waals surface area contributed by atoms with Crippen molar-refractivity contribution in [2.24, 2.45) is 0 Å². The van der Waals surface area contributed by atoms with Gasteiger partial charge in [0, 0.05) is 13.1 Å². The van der Waals surface area contributed by atoms with Crippen molar-refractivity contribution in [3.63, 3.8) is 0 Å². The van der Waals surface area contributed by atoms with Crippen LogP contribution in [0.2, 0.25) is 0 Å². The van der Waals surface area contributed by atoms with Gasteiger partial charge in [-0.05, 0) is 36.4 Å². The molecule has 0 aliphatic rings. The number of rotatable bonds is 5. The van der Waals surface area contributed by atoms with Gasteiger partial charge in [-0.2, -0.15) is 13.2 Å². The van der Waals surface area contributed by atoms with Gasteiger partial charge in [-0.1, -0.05) is 30.3 Å². The van der Waals surface area contributed by atoms with E-state index in [0.717, 1.165) is 17.4 Å². The molecule has 0 saturated carbocycles. The summed E-state index contributed by atoms with van der Waals surface area (Å²) < 4.78 is 44.0. The second-order valence-corrected chi connectivity index (χ2v) is 5.18. The zero-order valence-corrected chi connectivity index (χ0v) is 12.5. The van der Waals surface area contributed by atoms with Gasteiger partial charge in [0.15, 0.2) is 0 Å². The quantitative estimate of drug-likeness (QED) is 0.814. The highest BCUT2D eigenvalue weighted by atomic mass is 19.4. The molecule has 0 aromatic heterocycles. The van der Waals surface area contributed by atoms with Crippen molar-refractivity contribution < 1.29 is 17.9 Å². The maximum Gasteiger partial charge on any atom is 0.416 e. The number of nitrogens with zero attached hydrogens (tertiary/aromatic N) is 1. The number of methoxy groups -OCH3 is 1. The number of hydrogen-bond donors (Lipinski definition) is 0. The number of ether oxygens (including phenoxy) is 1. The lowest BCUT2D eigenvalue weighted by molar-refractivity contribution is -0.138. The summed E-state index contributed by atoms with van der Waals surface area (Å²) in [4.78, 5) is 1.85. The Balaban J connectivity index is 2.07. The van der Waals surface area contributed by atoms with Crippen LogP contribution in [0.5, 0.6) is 5.75 Å². The van der Waals surface area contributed by atoms with Crippen LogP contribution in [0.3, 0.4) is 0 Å². The zero-order chi connectivity index (χ0) is 16.2. The van der Waals surface area contributed by atoms with Gasteiger partial charge in [0.25, 0.3) is 0 Å². The van der Waals surface area contributed by atoms with E-state index < -0.39 is 11.7 Å². The summed E-state index contributed by atoms with van der Waals surface area (Å²) in [5.74, 6) is 0.758. The minimum atomic E-state index is -4.32. The van der Waals surface area contributed by atoms with Crippen LogP contribution in [-0.2, 0) is 19.3 Å². The second-order valence-electron chi connectivity index (χ2n) is 5.18. The highest BCUT2D eigenvalue weighted by Gasteiger charge is 2.32. The smallest absolute Gasteiger partial charge is 0.416 e. The lowest BCUT2D eigenvalue weighted by atomic mass is 10.1. The molecule has 0 fully saturated rings. The first-order valence-corrected chi connectivity index (χ1v) is 6.86. The average molecular weight is 309 g/mol. The molecule has 0 radical (unpaired) electrons. The van der Waals surface area contributed by atoms with Gasteiger partial charge in [-0.3, -0.25) is 4.90 Å². The van der Waals surface area contributed by atoms with E-state index in [4.69, 9.17) is 4.74 Å². The van der Waals surface area contributed by atoms with E-state index in [-0.39, 0.29) is 12.1 Å². The van der Waals surface area contributed by atoms with Crippen LogP contribution in [-0.4, -0.2) is 19.1 Å². The Morgan fingerprint density at radius 1 is 0.955 bits per heavy atom. The van der Waals surface area contributed by atoms with Crippen molar-refractivity contribution in [3.05, 3.63) is 65.2 Å². The van der Waals surface area contributed by atoms with E-state index in [1.54, 1.807) is 20.2 Å². The number of hydrogen-bond acceptors (Lipinski definition) is 2. The molecule has 0 N–H and O–H groups in total. The molecule has 22 heavy (non-hydrogen) atoms. The molecule has 0 spiro atoms. The van der Waals surface area contributed by atoms with Crippen molar-refractivity contribution in [3.8, 4) is 5.75 Å². The molecule has 0 unspecified atom stereocenters. The van der Waals surface area contributed by atoms with E-state index in [1.807, 2.05) is 29.2 Å². The SMILES string of the molecule is COc1ccc(CN(C)Cc2ccccc2C(F)(F)F)cc1. The van der Waals surface area contributed by atoms with Crippen molar-refractivity contribution in [2.45, 2.75) is 19.3 Å². The first-order valence-electron chi connectivity index (χ1n) is 6.86. The maximum atomic E-state index is 13.0. The fraction of sp³-hybridized carbons (Fsp3) is 0.294. The first kappa shape index (κ1) is 16.4. The molecular formula is C17H18F3NO. The Bertz CT molecular complexity index is 608. The fourth-order valence-electron chi connectivity index (χ4n) is 2.32. The molecule has 118 valence electrons. The fourth-order valence-corrected chi connectivity index (χ4v) is 2.32. The lowest BCUT2D eigenvalue weighted by Crippen LogP contribution is -2.20. The zero-order valence-electron chi connectivity index (χ0n) is 12.5. The summed E-state index contributed by atoms with van der Waals surface area (Å²) in [5, 5.41) is 0. The average Bonchev–Trinajstić information content (AvgIpc) is 2.47. The van der Waals surface area contributed by atoms with E-state index in [0.29, 0.717) is 6.54 Å². The Morgan fingerprint density at radius 2 is 1.59 bits per heavy atom. The molecule has 0 atom stereocenters. The van der Waals surface area contributed by atoms with Crippen LogP contribution < -0.4 is 4.74 Å². The first-order chi connectivity index (χ1) is 10.4. The summed E-state index contributed by atoms with van der Waals surface area (Å²) >= 11 is 0. The van der Waals surface area contributed by atoms with Gasteiger partial charge >= 0.3 is 6.18 Å². The van der Waals surface area contributed by atoms with Crippen molar-refractivity contribution in [1.29, 1.82) is 0 Å². The molecule has 2 rings (SSSR count). The summed E-state index contributed by atoms with van der Waals surface area (Å²) in [6, 6.07) is 13.2. The minimum absolute atomic E-state index is 0.238. The molecule has 0 bridgehead atoms. The molecule has 0 aliphatic heterocycles. The van der Waals surface area contributed by atoms with Crippen molar-refractivity contribution in [1.82, 2.24) is 4.90 Å². The monoisotopic (exact) mass is 309 g/mol. The molecule has 0 saturated heterocycles. The number of alkyl halides is 3. The van der Waals surface area contributed by atoms with Gasteiger partial charge in [0.1, 0.15) is 5.75 Å². The van der Waals surface area contributed by atoms with Crippen LogP contribution >= 0.6 is 0 Å². The summed E-state index contributed by atoms with van der Waals surface area (Å²) in [6.45, 7) is 0.803. The lowest BCUT2D eigenvalue weighted by Gasteiger charge is -2.20. The molecule has 5 heteroatoms. The van der Waals surface area contributed by atoms with Crippen LogP contribution in [0.25, 0.3) is 0 Å². The Labute approximate surface area is 128 Å². The van der Waals surface area contributed by atoms with Crippen LogP contribution in [0, 0.1) is 0 Å². The summed E-state index contributed by atoms with van der Waals surface area (Å²) in [5.41, 5.74) is 0.732. The Hall–Kier alpha value is -2.01. The normalized spacial score (nSPS) is 11.7. The molecule has 0 heterocycles. The third-order valence-electron chi connectivity index (χ3n) is 3.37. The highest BCUT2D eigenvalue weighted by Crippen LogP contribution is 2.32. The standard InChI is InChI=1S/C17H18F3NO/c1-21(11-13-7-9-15(22-2)10-8-13)12-14-5-3-4-6-16(14)17(18,19)20/h3-10H,11-12H2,1-2H3. The second kappa shape index (κ2) is 6.83. The Morgan fingerprint density at radius 3 is 2.18 bits per heavy atom. The minimum Gasteiger partial charge on any atom is -0.497 e. The van der Waals surface area contributed by atoms with Crippen LogP contribution in [0.4, 0.5) is 13.2 Å². The predicted molar refractivity (Wildman–Crippen MR) is 79.6 cm³/mol. The molecule has 2 aromatic carbocycles. The van der Waals surface area contributed by atoms with Crippen LogP contribution in [0.15, 0.2) is 48.5 Å². The van der Waals surface area contributed by atoms with Crippen molar-refractivity contribution >= 4 is 0 Å². The van der Waals surface area contributed by atoms with Gasteiger partial charge in [0.2, 0.25) is 0 Å². The molecule has 2 nitrogen and oxygen atoms in total. The van der Waals surface area contributed by atoms with E-state index in [1.165, 1.54) is 12.1 Å². The summed E-state index contributed by atoms with van der Waals surface area (Å²) in [6.07, 6.45) is -4.32. The van der Waals surface area contributed by atoms with Crippen molar-refractivity contribution in [2.75, 3.05) is 14.2 Å². The number of halogens is 3. The van der Waals surface area contributed by atoms with Gasteiger partial charge in [0.05, 0.1) is 12.7 Å². The maximum absolute atomic E-state index is 13.0. The molecule has 0 aliphatic carbocycles. The molecule has 2 aromatic rings. The van der Waals surface area contributed by atoms with Crippen LogP contribution in [0.1, 0.15) is 16.7 Å². The largest absolute Gasteiger partial charge is 0.497 e. The van der Waals surface area contributed by atoms with E-state index >= 15 is 0 Å². The summed E-state index contributed by atoms with van der Waals surface area (Å²) in [7, 11) is 3.40.